The van der Waals surface area contributed by atoms with E-state index in [0.717, 1.165) is 22.5 Å². The van der Waals surface area contributed by atoms with E-state index in [-0.39, 0.29) is 28.4 Å². The number of carbonyl (C=O) groups is 2. The van der Waals surface area contributed by atoms with E-state index in [4.69, 9.17) is 14.2 Å². The molecule has 12 heteroatoms. The van der Waals surface area contributed by atoms with Gasteiger partial charge in [-0.2, -0.15) is 0 Å². The highest BCUT2D eigenvalue weighted by molar-refractivity contribution is 8.00. The molecule has 7 rings (SSSR count). The van der Waals surface area contributed by atoms with Gasteiger partial charge in [-0.15, -0.1) is 10.2 Å². The minimum Gasteiger partial charge on any atom is -0.507 e. The van der Waals surface area contributed by atoms with Crippen LogP contribution < -0.4 is 19.1 Å². The molecule has 2 atom stereocenters. The molecule has 0 spiro atoms. The average molecular weight is 710 g/mol. The zero-order chi connectivity index (χ0) is 34.8. The standard InChI is InChI=1S/C38H32FN3O6S2/c1-3-46-31-19-24(13-16-30(31)47-20-23-9-5-4-6-10-23)33-32(34(43)25-14-15-29-27(18-25)17-22(2)48-29)35(44)36(45)42(33)37-40-41-38(50-37)49-21-26-11-7-8-12-28(26)39/h4-16,18-19,22,33,43H,3,17,20-21H2,1-2H3/b34-32+/t22-,33+/m0/s1. The first-order valence-corrected chi connectivity index (χ1v) is 17.8. The monoisotopic (exact) mass is 709 g/mol. The zero-order valence-corrected chi connectivity index (χ0v) is 28.8. The Hall–Kier alpha value is -5.20. The highest BCUT2D eigenvalue weighted by Gasteiger charge is 2.48. The maximum Gasteiger partial charge on any atom is 0.301 e. The van der Waals surface area contributed by atoms with Crippen LogP contribution in [0.5, 0.6) is 17.2 Å². The van der Waals surface area contributed by atoms with E-state index in [1.807, 2.05) is 44.2 Å². The molecule has 3 heterocycles. The number of thioether (sulfide) groups is 1. The first-order valence-electron chi connectivity index (χ1n) is 16.0. The first-order chi connectivity index (χ1) is 24.3. The molecular formula is C38H32FN3O6S2. The number of aliphatic hydroxyl groups excluding tert-OH is 1. The number of Topliss-reactive ketones (excluding diaryl/α,β-unsaturated/α-hetero) is 1. The number of halogens is 1. The number of carbonyl (C=O) groups excluding carboxylic acids is 2. The van der Waals surface area contributed by atoms with Gasteiger partial charge in [-0.25, -0.2) is 4.39 Å². The van der Waals surface area contributed by atoms with Crippen LogP contribution >= 0.6 is 23.1 Å². The van der Waals surface area contributed by atoms with E-state index in [1.54, 1.807) is 54.6 Å². The Bertz CT molecular complexity index is 2100. The van der Waals surface area contributed by atoms with E-state index >= 15 is 0 Å². The number of fused-ring (bicyclic) bond motifs is 1. The molecule has 1 N–H and O–H groups in total. The maximum absolute atomic E-state index is 14.3. The molecule has 0 radical (unpaired) electrons. The summed E-state index contributed by atoms with van der Waals surface area (Å²) in [6, 6.07) is 25.5. The van der Waals surface area contributed by atoms with Crippen LogP contribution in [0.3, 0.4) is 0 Å². The van der Waals surface area contributed by atoms with Crippen LogP contribution in [0.25, 0.3) is 5.76 Å². The normalized spacial score (nSPS) is 17.9. The largest absolute Gasteiger partial charge is 0.507 e. The van der Waals surface area contributed by atoms with Gasteiger partial charge in [-0.3, -0.25) is 14.5 Å². The van der Waals surface area contributed by atoms with Crippen molar-refractivity contribution in [3.8, 4) is 17.2 Å². The van der Waals surface area contributed by atoms with E-state index in [9.17, 15) is 19.1 Å². The second-order valence-corrected chi connectivity index (χ2v) is 13.9. The van der Waals surface area contributed by atoms with E-state index in [1.165, 1.54) is 22.7 Å². The molecular weight excluding hydrogens is 678 g/mol. The molecule has 1 amide bonds. The highest BCUT2D eigenvalue weighted by atomic mass is 32.2. The molecule has 0 unspecified atom stereocenters. The van der Waals surface area contributed by atoms with Crippen LogP contribution in [-0.4, -0.2) is 39.7 Å². The molecule has 0 saturated carbocycles. The molecule has 1 fully saturated rings. The van der Waals surface area contributed by atoms with Crippen LogP contribution in [0, 0.1) is 5.82 Å². The van der Waals surface area contributed by atoms with Gasteiger partial charge in [0.25, 0.3) is 5.78 Å². The number of anilines is 1. The predicted molar refractivity (Wildman–Crippen MR) is 189 cm³/mol. The lowest BCUT2D eigenvalue weighted by molar-refractivity contribution is -0.132. The Morgan fingerprint density at radius 1 is 1.00 bits per heavy atom. The topological polar surface area (TPSA) is 111 Å². The van der Waals surface area contributed by atoms with Crippen LogP contribution in [-0.2, 0) is 28.4 Å². The summed E-state index contributed by atoms with van der Waals surface area (Å²) in [5, 5.41) is 20.5. The average Bonchev–Trinajstić information content (AvgIpc) is 3.82. The van der Waals surface area contributed by atoms with Crippen LogP contribution in [0.1, 0.15) is 47.7 Å². The summed E-state index contributed by atoms with van der Waals surface area (Å²) in [5.74, 6) is -0.474. The second-order valence-electron chi connectivity index (χ2n) is 11.8. The number of rotatable bonds is 11. The lowest BCUT2D eigenvalue weighted by Gasteiger charge is -2.24. The smallest absolute Gasteiger partial charge is 0.301 e. The summed E-state index contributed by atoms with van der Waals surface area (Å²) < 4.78 is 32.7. The molecule has 0 aliphatic carbocycles. The minimum atomic E-state index is -1.07. The predicted octanol–water partition coefficient (Wildman–Crippen LogP) is 7.90. The fourth-order valence-corrected chi connectivity index (χ4v) is 7.85. The lowest BCUT2D eigenvalue weighted by atomic mass is 9.94. The number of aromatic nitrogens is 2. The summed E-state index contributed by atoms with van der Waals surface area (Å²) in [5.41, 5.74) is 3.15. The van der Waals surface area contributed by atoms with Gasteiger partial charge in [0.15, 0.2) is 15.8 Å². The molecule has 2 aliphatic heterocycles. The summed E-state index contributed by atoms with van der Waals surface area (Å²) >= 11 is 2.37. The maximum atomic E-state index is 14.3. The number of amides is 1. The Labute approximate surface area is 296 Å². The van der Waals surface area contributed by atoms with Gasteiger partial charge >= 0.3 is 5.91 Å². The third kappa shape index (κ3) is 6.68. The number of hydrogen-bond acceptors (Lipinski definition) is 10. The van der Waals surface area contributed by atoms with Gasteiger partial charge in [0, 0.05) is 17.7 Å². The van der Waals surface area contributed by atoms with Crippen molar-refractivity contribution >= 4 is 45.7 Å². The number of aliphatic hydroxyl groups is 1. The summed E-state index contributed by atoms with van der Waals surface area (Å²) in [6.45, 7) is 4.44. The van der Waals surface area contributed by atoms with Gasteiger partial charge in [-0.05, 0) is 72.5 Å². The third-order valence-electron chi connectivity index (χ3n) is 8.35. The number of nitrogens with zero attached hydrogens (tertiary/aromatic N) is 3. The molecule has 4 aromatic carbocycles. The molecule has 9 nitrogen and oxygen atoms in total. The van der Waals surface area contributed by atoms with Crippen LogP contribution in [0.2, 0.25) is 0 Å². The van der Waals surface area contributed by atoms with Crippen molar-refractivity contribution in [1.82, 2.24) is 10.2 Å². The van der Waals surface area contributed by atoms with E-state index in [2.05, 4.69) is 10.2 Å². The highest BCUT2D eigenvalue weighted by Crippen LogP contribution is 2.46. The van der Waals surface area contributed by atoms with Crippen molar-refractivity contribution in [2.75, 3.05) is 11.5 Å². The van der Waals surface area contributed by atoms with E-state index in [0.29, 0.717) is 63.7 Å². The molecule has 2 aliphatic rings. The number of hydrogen-bond donors (Lipinski definition) is 1. The Balaban J connectivity index is 1.28. The van der Waals surface area contributed by atoms with Gasteiger partial charge < -0.3 is 19.3 Å². The Morgan fingerprint density at radius 2 is 1.80 bits per heavy atom. The van der Waals surface area contributed by atoms with Crippen molar-refractivity contribution in [3.05, 3.63) is 130 Å². The first kappa shape index (κ1) is 33.3. The van der Waals surface area contributed by atoms with Gasteiger partial charge in [0.1, 0.15) is 30.0 Å². The van der Waals surface area contributed by atoms with Crippen molar-refractivity contribution < 1.29 is 33.3 Å². The molecule has 254 valence electrons. The fourth-order valence-electron chi connectivity index (χ4n) is 6.00. The second kappa shape index (κ2) is 14.3. The number of ether oxygens (including phenoxy) is 3. The number of ketones is 1. The van der Waals surface area contributed by atoms with Crippen LogP contribution in [0.4, 0.5) is 9.52 Å². The Morgan fingerprint density at radius 3 is 2.60 bits per heavy atom. The SMILES string of the molecule is CCOc1cc([C@@H]2/C(=C(\O)c3ccc4c(c3)C[C@H](C)O4)C(=O)C(=O)N2c2nnc(SCc3ccccc3F)s2)ccc1OCc1ccccc1. The molecule has 0 bridgehead atoms. The van der Waals surface area contributed by atoms with Gasteiger partial charge in [0.05, 0.1) is 18.2 Å². The minimum absolute atomic E-state index is 0.0181. The zero-order valence-electron chi connectivity index (χ0n) is 27.2. The van der Waals surface area contributed by atoms with Gasteiger partial charge in [0.2, 0.25) is 5.13 Å². The van der Waals surface area contributed by atoms with Crippen molar-refractivity contribution in [2.45, 2.75) is 49.1 Å². The molecule has 1 saturated heterocycles. The van der Waals surface area contributed by atoms with Crippen LogP contribution in [0.15, 0.2) is 101 Å². The number of benzene rings is 4. The Kier molecular flexibility index (Phi) is 9.55. The van der Waals surface area contributed by atoms with Gasteiger partial charge in [-0.1, -0.05) is 77.7 Å². The van der Waals surface area contributed by atoms with Crippen molar-refractivity contribution in [2.24, 2.45) is 0 Å². The fraction of sp³-hybridized carbons (Fsp3) is 0.211. The van der Waals surface area contributed by atoms with Crippen molar-refractivity contribution in [1.29, 1.82) is 0 Å². The summed E-state index contributed by atoms with van der Waals surface area (Å²) in [7, 11) is 0. The quantitative estimate of drug-likeness (QED) is 0.0481. The lowest BCUT2D eigenvalue weighted by Crippen LogP contribution is -2.29. The molecule has 1 aromatic heterocycles. The molecule has 50 heavy (non-hydrogen) atoms. The third-order valence-corrected chi connectivity index (χ3v) is 10.4. The summed E-state index contributed by atoms with van der Waals surface area (Å²) in [4.78, 5) is 29.0. The molecule has 5 aromatic rings. The summed E-state index contributed by atoms with van der Waals surface area (Å²) in [6.07, 6.45) is 0.629. The van der Waals surface area contributed by atoms with E-state index < -0.39 is 17.7 Å². The van der Waals surface area contributed by atoms with Crippen molar-refractivity contribution in [3.63, 3.8) is 0 Å².